The maximum atomic E-state index is 12.7. The summed E-state index contributed by atoms with van der Waals surface area (Å²) in [4.78, 5) is 39.6. The molecule has 1 aromatic rings. The topological polar surface area (TPSA) is 96.4 Å². The molecule has 2 amide bonds. The highest BCUT2D eigenvalue weighted by Crippen LogP contribution is 2.22. The summed E-state index contributed by atoms with van der Waals surface area (Å²) in [5.41, 5.74) is 0.263. The van der Waals surface area contributed by atoms with E-state index in [9.17, 15) is 19.5 Å². The Hall–Kier alpha value is -2.45. The first kappa shape index (κ1) is 20.9. The number of aliphatic hydroxyl groups excluding tert-OH is 1. The summed E-state index contributed by atoms with van der Waals surface area (Å²) in [6, 6.07) is 6.55. The van der Waals surface area contributed by atoms with Crippen LogP contribution in [0.2, 0.25) is 0 Å². The highest BCUT2D eigenvalue weighted by molar-refractivity contribution is 6.01. The Morgan fingerprint density at radius 1 is 1.26 bits per heavy atom. The van der Waals surface area contributed by atoms with Crippen LogP contribution in [-0.4, -0.2) is 72.8 Å². The molecule has 8 heteroatoms. The second-order valence-corrected chi connectivity index (χ2v) is 7.51. The van der Waals surface area contributed by atoms with Gasteiger partial charge in [-0.3, -0.25) is 9.59 Å². The van der Waals surface area contributed by atoms with Gasteiger partial charge in [-0.15, -0.1) is 0 Å². The Morgan fingerprint density at radius 3 is 2.37 bits per heavy atom. The van der Waals surface area contributed by atoms with Crippen LogP contribution in [0.1, 0.15) is 31.1 Å². The quantitative estimate of drug-likeness (QED) is 0.780. The second-order valence-electron chi connectivity index (χ2n) is 7.51. The highest BCUT2D eigenvalue weighted by Gasteiger charge is 2.41. The lowest BCUT2D eigenvalue weighted by Crippen LogP contribution is -2.55. The van der Waals surface area contributed by atoms with Crippen LogP contribution in [0.4, 0.5) is 5.69 Å². The first-order valence-electron chi connectivity index (χ1n) is 8.67. The molecule has 0 bridgehead atoms. The molecule has 0 spiro atoms. The van der Waals surface area contributed by atoms with Gasteiger partial charge in [0.1, 0.15) is 5.60 Å². The van der Waals surface area contributed by atoms with Crippen LogP contribution >= 0.6 is 0 Å². The summed E-state index contributed by atoms with van der Waals surface area (Å²) in [7, 11) is 3.31. The maximum Gasteiger partial charge on any atom is 0.338 e. The predicted octanol–water partition coefficient (Wildman–Crippen LogP) is 0.823. The standard InChI is InChI=1S/C19H26N2O6/c1-19(2,3)27-18(25)14(22)15-17(24)21(10-11-26-15)13-8-6-12(7-9-13)16(23)20(4)5/h6-9,14-15,22H,10-11H2,1-5H3. The van der Waals surface area contributed by atoms with E-state index in [1.807, 2.05) is 0 Å². The number of benzene rings is 1. The highest BCUT2D eigenvalue weighted by atomic mass is 16.6. The van der Waals surface area contributed by atoms with E-state index in [1.54, 1.807) is 59.1 Å². The van der Waals surface area contributed by atoms with Crippen molar-refractivity contribution in [3.63, 3.8) is 0 Å². The van der Waals surface area contributed by atoms with Gasteiger partial charge in [0.2, 0.25) is 0 Å². The van der Waals surface area contributed by atoms with Crippen molar-refractivity contribution in [3.8, 4) is 0 Å². The van der Waals surface area contributed by atoms with Crippen LogP contribution in [-0.2, 0) is 19.1 Å². The van der Waals surface area contributed by atoms with E-state index in [1.165, 1.54) is 9.80 Å². The molecule has 1 saturated heterocycles. The molecule has 1 aliphatic heterocycles. The summed E-state index contributed by atoms with van der Waals surface area (Å²) in [5, 5.41) is 10.2. The molecule has 1 N–H and O–H groups in total. The van der Waals surface area contributed by atoms with Crippen LogP contribution in [0, 0.1) is 0 Å². The van der Waals surface area contributed by atoms with Crippen molar-refractivity contribution in [1.82, 2.24) is 4.90 Å². The van der Waals surface area contributed by atoms with Gasteiger partial charge in [-0.1, -0.05) is 0 Å². The predicted molar refractivity (Wildman–Crippen MR) is 98.4 cm³/mol. The third-order valence-corrected chi connectivity index (χ3v) is 3.89. The van der Waals surface area contributed by atoms with Gasteiger partial charge in [0.05, 0.1) is 6.61 Å². The molecule has 0 saturated carbocycles. The van der Waals surface area contributed by atoms with Crippen LogP contribution in [0.25, 0.3) is 0 Å². The van der Waals surface area contributed by atoms with Crippen molar-refractivity contribution >= 4 is 23.5 Å². The van der Waals surface area contributed by atoms with Crippen molar-refractivity contribution in [3.05, 3.63) is 29.8 Å². The van der Waals surface area contributed by atoms with E-state index < -0.39 is 29.7 Å². The number of carbonyl (C=O) groups is 3. The molecule has 2 rings (SSSR count). The van der Waals surface area contributed by atoms with E-state index in [0.29, 0.717) is 11.3 Å². The Labute approximate surface area is 158 Å². The zero-order valence-electron chi connectivity index (χ0n) is 16.3. The van der Waals surface area contributed by atoms with Gasteiger partial charge in [-0.25, -0.2) is 4.79 Å². The molecule has 0 aromatic heterocycles. The van der Waals surface area contributed by atoms with Crippen LogP contribution in [0.5, 0.6) is 0 Å². The number of morpholine rings is 1. The monoisotopic (exact) mass is 378 g/mol. The molecule has 2 unspecified atom stereocenters. The maximum absolute atomic E-state index is 12.7. The van der Waals surface area contributed by atoms with Crippen molar-refractivity contribution in [2.24, 2.45) is 0 Å². The zero-order valence-corrected chi connectivity index (χ0v) is 16.3. The van der Waals surface area contributed by atoms with Gasteiger partial charge in [0.25, 0.3) is 11.8 Å². The van der Waals surface area contributed by atoms with Gasteiger partial charge >= 0.3 is 5.97 Å². The Kier molecular flexibility index (Phi) is 6.22. The van der Waals surface area contributed by atoms with Crippen molar-refractivity contribution in [2.45, 2.75) is 38.6 Å². The van der Waals surface area contributed by atoms with E-state index in [4.69, 9.17) is 9.47 Å². The average molecular weight is 378 g/mol. The van der Waals surface area contributed by atoms with E-state index >= 15 is 0 Å². The second kappa shape index (κ2) is 8.06. The molecule has 2 atom stereocenters. The number of anilines is 1. The zero-order chi connectivity index (χ0) is 20.4. The number of nitrogens with zero attached hydrogens (tertiary/aromatic N) is 2. The van der Waals surface area contributed by atoms with Gasteiger partial charge in [0, 0.05) is 31.9 Å². The average Bonchev–Trinajstić information content (AvgIpc) is 2.59. The van der Waals surface area contributed by atoms with E-state index in [0.717, 1.165) is 0 Å². The summed E-state index contributed by atoms with van der Waals surface area (Å²) in [6.07, 6.45) is -3.05. The molecule has 1 aromatic carbocycles. The number of esters is 1. The molecule has 27 heavy (non-hydrogen) atoms. The molecule has 148 valence electrons. The fourth-order valence-electron chi connectivity index (χ4n) is 2.62. The number of rotatable bonds is 4. The summed E-state index contributed by atoms with van der Waals surface area (Å²) in [5.74, 6) is -1.59. The minimum absolute atomic E-state index is 0.145. The van der Waals surface area contributed by atoms with Gasteiger partial charge < -0.3 is 24.4 Å². The van der Waals surface area contributed by atoms with Crippen LogP contribution in [0.3, 0.4) is 0 Å². The summed E-state index contributed by atoms with van der Waals surface area (Å²) < 4.78 is 10.5. The van der Waals surface area contributed by atoms with Gasteiger partial charge in [-0.05, 0) is 45.0 Å². The minimum atomic E-state index is -1.71. The van der Waals surface area contributed by atoms with Crippen LogP contribution in [0.15, 0.2) is 24.3 Å². The molecule has 8 nitrogen and oxygen atoms in total. The SMILES string of the molecule is CN(C)C(=O)c1ccc(N2CCOC(C(O)C(=O)OC(C)(C)C)C2=O)cc1. The summed E-state index contributed by atoms with van der Waals surface area (Å²) in [6.45, 7) is 5.45. The van der Waals surface area contributed by atoms with E-state index in [-0.39, 0.29) is 19.1 Å². The number of aliphatic hydroxyl groups is 1. The molecule has 1 fully saturated rings. The van der Waals surface area contributed by atoms with Crippen molar-refractivity contribution in [1.29, 1.82) is 0 Å². The van der Waals surface area contributed by atoms with Crippen molar-refractivity contribution in [2.75, 3.05) is 32.1 Å². The lowest BCUT2D eigenvalue weighted by molar-refractivity contribution is -0.177. The molecular formula is C19H26N2O6. The smallest absolute Gasteiger partial charge is 0.338 e. The minimum Gasteiger partial charge on any atom is -0.458 e. The fraction of sp³-hybridized carbons (Fsp3) is 0.526. The third-order valence-electron chi connectivity index (χ3n) is 3.89. The van der Waals surface area contributed by atoms with Gasteiger partial charge in [-0.2, -0.15) is 0 Å². The molecule has 0 aliphatic carbocycles. The van der Waals surface area contributed by atoms with Crippen molar-refractivity contribution < 1.29 is 29.0 Å². The molecule has 1 aliphatic rings. The van der Waals surface area contributed by atoms with E-state index in [2.05, 4.69) is 0 Å². The molecular weight excluding hydrogens is 352 g/mol. The number of carbonyl (C=O) groups excluding carboxylic acids is 3. The summed E-state index contributed by atoms with van der Waals surface area (Å²) >= 11 is 0. The fourth-order valence-corrected chi connectivity index (χ4v) is 2.62. The lowest BCUT2D eigenvalue weighted by atomic mass is 10.1. The largest absolute Gasteiger partial charge is 0.458 e. The Balaban J connectivity index is 2.14. The normalized spacial score (nSPS) is 18.8. The molecule has 0 radical (unpaired) electrons. The number of ether oxygens (including phenoxy) is 2. The third kappa shape index (κ3) is 5.05. The number of amides is 2. The number of hydrogen-bond donors (Lipinski definition) is 1. The first-order chi connectivity index (χ1) is 12.5. The first-order valence-corrected chi connectivity index (χ1v) is 8.67. The number of hydrogen-bond acceptors (Lipinski definition) is 6. The van der Waals surface area contributed by atoms with Crippen LogP contribution < -0.4 is 4.90 Å². The Bertz CT molecular complexity index is 708. The molecule has 1 heterocycles. The lowest BCUT2D eigenvalue weighted by Gasteiger charge is -2.34. The van der Waals surface area contributed by atoms with Gasteiger partial charge in [0.15, 0.2) is 12.2 Å². The Morgan fingerprint density at radius 2 is 1.85 bits per heavy atom.